The van der Waals surface area contributed by atoms with E-state index in [1.54, 1.807) is 18.3 Å². The Morgan fingerprint density at radius 2 is 2.00 bits per heavy atom. The number of anilines is 1. The van der Waals surface area contributed by atoms with Crippen molar-refractivity contribution < 1.29 is 14.3 Å². The first-order valence-corrected chi connectivity index (χ1v) is 8.65. The second kappa shape index (κ2) is 6.78. The van der Waals surface area contributed by atoms with Gasteiger partial charge in [-0.05, 0) is 51.0 Å². The number of carbonyl (C=O) groups is 2. The molecular formula is C20H23N3O3. The maximum absolute atomic E-state index is 13.1. The number of carbonyl (C=O) groups excluding carboxylic acids is 2. The quantitative estimate of drug-likeness (QED) is 0.858. The second-order valence-corrected chi connectivity index (χ2v) is 6.84. The van der Waals surface area contributed by atoms with Gasteiger partial charge < -0.3 is 10.1 Å². The van der Waals surface area contributed by atoms with Crippen molar-refractivity contribution in [2.24, 2.45) is 0 Å². The third kappa shape index (κ3) is 3.03. The highest BCUT2D eigenvalue weighted by Gasteiger charge is 2.51. The van der Waals surface area contributed by atoms with E-state index in [1.807, 2.05) is 45.0 Å². The molecular weight excluding hydrogens is 330 g/mol. The van der Waals surface area contributed by atoms with Gasteiger partial charge in [-0.1, -0.05) is 24.3 Å². The molecule has 26 heavy (non-hydrogen) atoms. The summed E-state index contributed by atoms with van der Waals surface area (Å²) < 4.78 is 5.83. The van der Waals surface area contributed by atoms with Crippen molar-refractivity contribution in [3.8, 4) is 5.75 Å². The van der Waals surface area contributed by atoms with Crippen molar-refractivity contribution in [2.75, 3.05) is 4.90 Å². The van der Waals surface area contributed by atoms with Crippen LogP contribution in [0.5, 0.6) is 5.75 Å². The summed E-state index contributed by atoms with van der Waals surface area (Å²) in [6.07, 6.45) is 1.60. The van der Waals surface area contributed by atoms with Crippen molar-refractivity contribution >= 4 is 17.6 Å². The second-order valence-electron chi connectivity index (χ2n) is 6.84. The van der Waals surface area contributed by atoms with E-state index >= 15 is 0 Å². The van der Waals surface area contributed by atoms with Crippen molar-refractivity contribution in [3.05, 3.63) is 53.7 Å². The van der Waals surface area contributed by atoms with E-state index in [-0.39, 0.29) is 6.04 Å². The van der Waals surface area contributed by atoms with Crippen LogP contribution in [0.4, 0.5) is 5.82 Å². The molecule has 0 radical (unpaired) electrons. The van der Waals surface area contributed by atoms with Crippen LogP contribution in [0.2, 0.25) is 0 Å². The van der Waals surface area contributed by atoms with Gasteiger partial charge in [-0.3, -0.25) is 14.5 Å². The molecule has 1 aromatic carbocycles. The molecule has 0 bridgehead atoms. The van der Waals surface area contributed by atoms with E-state index in [0.717, 1.165) is 11.1 Å². The van der Waals surface area contributed by atoms with Crippen LogP contribution in [0, 0.1) is 6.92 Å². The molecule has 0 saturated carbocycles. The number of fused-ring (bicyclic) bond motifs is 1. The minimum atomic E-state index is -1.64. The van der Waals surface area contributed by atoms with Crippen LogP contribution in [0.3, 0.4) is 0 Å². The first-order valence-electron chi connectivity index (χ1n) is 8.65. The summed E-state index contributed by atoms with van der Waals surface area (Å²) in [5, 5.41) is 2.84. The largest absolute Gasteiger partial charge is 0.464 e. The minimum absolute atomic E-state index is 0.149. The lowest BCUT2D eigenvalue weighted by molar-refractivity contribution is -0.148. The Morgan fingerprint density at radius 1 is 1.27 bits per heavy atom. The normalized spacial score (nSPS) is 19.1. The Hall–Kier alpha value is -2.89. The fourth-order valence-electron chi connectivity index (χ4n) is 3.01. The van der Waals surface area contributed by atoms with Crippen LogP contribution in [0.15, 0.2) is 42.6 Å². The zero-order valence-electron chi connectivity index (χ0n) is 15.4. The van der Waals surface area contributed by atoms with E-state index in [4.69, 9.17) is 4.74 Å². The molecule has 6 nitrogen and oxygen atoms in total. The molecule has 2 amide bonds. The number of pyridine rings is 1. The SMILES string of the molecule is Cc1ccccc1CNC(=O)C1(C)Oc2cccnc2N(C(C)C)C1=O. The number of hydrogen-bond acceptors (Lipinski definition) is 4. The average Bonchev–Trinajstić information content (AvgIpc) is 2.61. The Labute approximate surface area is 153 Å². The molecule has 1 aliphatic heterocycles. The monoisotopic (exact) mass is 353 g/mol. The summed E-state index contributed by atoms with van der Waals surface area (Å²) in [6.45, 7) is 7.59. The van der Waals surface area contributed by atoms with Crippen LogP contribution < -0.4 is 15.0 Å². The van der Waals surface area contributed by atoms with Gasteiger partial charge in [0, 0.05) is 18.8 Å². The van der Waals surface area contributed by atoms with Crippen molar-refractivity contribution in [1.29, 1.82) is 0 Å². The van der Waals surface area contributed by atoms with E-state index in [0.29, 0.717) is 18.1 Å². The molecule has 2 aromatic rings. The van der Waals surface area contributed by atoms with Gasteiger partial charge in [-0.2, -0.15) is 0 Å². The molecule has 0 spiro atoms. The maximum Gasteiger partial charge on any atom is 0.282 e. The van der Waals surface area contributed by atoms with Gasteiger partial charge in [0.25, 0.3) is 17.4 Å². The lowest BCUT2D eigenvalue weighted by atomic mass is 9.99. The summed E-state index contributed by atoms with van der Waals surface area (Å²) in [5.74, 6) is -0.0158. The summed E-state index contributed by atoms with van der Waals surface area (Å²) in [5.41, 5.74) is 0.436. The predicted molar refractivity (Wildman–Crippen MR) is 98.9 cm³/mol. The highest BCUT2D eigenvalue weighted by atomic mass is 16.5. The van der Waals surface area contributed by atoms with Crippen LogP contribution in [-0.2, 0) is 16.1 Å². The van der Waals surface area contributed by atoms with Gasteiger partial charge in [-0.15, -0.1) is 0 Å². The third-order valence-electron chi connectivity index (χ3n) is 4.57. The smallest absolute Gasteiger partial charge is 0.282 e. The fourth-order valence-corrected chi connectivity index (χ4v) is 3.01. The molecule has 1 atom stereocenters. The van der Waals surface area contributed by atoms with Crippen LogP contribution in [-0.4, -0.2) is 28.4 Å². The molecule has 0 aliphatic carbocycles. The van der Waals surface area contributed by atoms with Gasteiger partial charge in [0.15, 0.2) is 11.6 Å². The third-order valence-corrected chi connectivity index (χ3v) is 4.57. The summed E-state index contributed by atoms with van der Waals surface area (Å²) >= 11 is 0. The number of nitrogens with one attached hydrogen (secondary N) is 1. The zero-order valence-corrected chi connectivity index (χ0v) is 15.4. The minimum Gasteiger partial charge on any atom is -0.464 e. The van der Waals surface area contributed by atoms with Gasteiger partial charge >= 0.3 is 0 Å². The molecule has 2 heterocycles. The first kappa shape index (κ1) is 17.9. The van der Waals surface area contributed by atoms with Crippen LogP contribution in [0.25, 0.3) is 0 Å². The Bertz CT molecular complexity index is 850. The fraction of sp³-hybridized carbons (Fsp3) is 0.350. The number of aryl methyl sites for hydroxylation is 1. The highest BCUT2D eigenvalue weighted by molar-refractivity contribution is 6.16. The van der Waals surface area contributed by atoms with Crippen LogP contribution >= 0.6 is 0 Å². The lowest BCUT2D eigenvalue weighted by Gasteiger charge is -2.40. The highest BCUT2D eigenvalue weighted by Crippen LogP contribution is 2.37. The van der Waals surface area contributed by atoms with Crippen molar-refractivity contribution in [1.82, 2.24) is 10.3 Å². The lowest BCUT2D eigenvalue weighted by Crippen LogP contribution is -2.63. The van der Waals surface area contributed by atoms with E-state index in [1.165, 1.54) is 11.8 Å². The summed E-state index contributed by atoms with van der Waals surface area (Å²) in [7, 11) is 0. The van der Waals surface area contributed by atoms with E-state index in [2.05, 4.69) is 10.3 Å². The number of benzene rings is 1. The van der Waals surface area contributed by atoms with Crippen molar-refractivity contribution in [2.45, 2.75) is 45.9 Å². The zero-order chi connectivity index (χ0) is 18.9. The molecule has 1 aliphatic rings. The van der Waals surface area contributed by atoms with Crippen molar-refractivity contribution in [3.63, 3.8) is 0 Å². The van der Waals surface area contributed by atoms with Gasteiger partial charge in [0.2, 0.25) is 0 Å². The molecule has 0 saturated heterocycles. The number of nitrogens with zero attached hydrogens (tertiary/aromatic N) is 2. The topological polar surface area (TPSA) is 71.5 Å². The maximum atomic E-state index is 13.1. The molecule has 3 rings (SSSR count). The molecule has 1 aromatic heterocycles. The Morgan fingerprint density at radius 3 is 2.69 bits per heavy atom. The number of aromatic nitrogens is 1. The number of ether oxygens (including phenoxy) is 1. The van der Waals surface area contributed by atoms with Crippen LogP contribution in [0.1, 0.15) is 31.9 Å². The van der Waals surface area contributed by atoms with E-state index in [9.17, 15) is 9.59 Å². The van der Waals surface area contributed by atoms with Gasteiger partial charge in [-0.25, -0.2) is 4.98 Å². The Balaban J connectivity index is 1.87. The molecule has 6 heteroatoms. The average molecular weight is 353 g/mol. The van der Waals surface area contributed by atoms with Gasteiger partial charge in [0.1, 0.15) is 0 Å². The van der Waals surface area contributed by atoms with Gasteiger partial charge in [0.05, 0.1) is 0 Å². The first-order chi connectivity index (χ1) is 12.3. The number of amides is 2. The summed E-state index contributed by atoms with van der Waals surface area (Å²) in [6, 6.07) is 11.1. The predicted octanol–water partition coefficient (Wildman–Crippen LogP) is 2.60. The molecule has 1 unspecified atom stereocenters. The molecule has 1 N–H and O–H groups in total. The Kier molecular flexibility index (Phi) is 4.68. The molecule has 136 valence electrons. The standard InChI is InChI=1S/C20H23N3O3/c1-13(2)23-17-16(10-7-11-21-17)26-20(4,19(23)25)18(24)22-12-15-9-6-5-8-14(15)3/h5-11,13H,12H2,1-4H3,(H,22,24). The van der Waals surface area contributed by atoms with E-state index < -0.39 is 17.4 Å². The number of rotatable bonds is 4. The summed E-state index contributed by atoms with van der Waals surface area (Å²) in [4.78, 5) is 31.7. The number of hydrogen-bond donors (Lipinski definition) is 1. The molecule has 0 fully saturated rings.